The molecule has 0 spiro atoms. The first-order valence-electron chi connectivity index (χ1n) is 7.79. The summed E-state index contributed by atoms with van der Waals surface area (Å²) < 4.78 is 7.21. The molecule has 3 rings (SSSR count). The topological polar surface area (TPSA) is 59.4 Å². The average molecular weight is 314 g/mol. The molecule has 1 aromatic carbocycles. The van der Waals surface area contributed by atoms with Crippen LogP contribution in [0, 0.1) is 0 Å². The molecule has 0 radical (unpaired) electrons. The van der Waals surface area contributed by atoms with Gasteiger partial charge in [-0.1, -0.05) is 12.1 Å². The SMILES string of the molecule is COc1cccc(CC(=O)N2CCNCC2c2nccn2C)c1. The molecular weight excluding hydrogens is 292 g/mol. The van der Waals surface area contributed by atoms with Crippen LogP contribution < -0.4 is 10.1 Å². The van der Waals surface area contributed by atoms with Crippen molar-refractivity contribution in [2.24, 2.45) is 7.05 Å². The summed E-state index contributed by atoms with van der Waals surface area (Å²) in [5.74, 6) is 1.81. The Kier molecular flexibility index (Phi) is 4.62. The lowest BCUT2D eigenvalue weighted by molar-refractivity contribution is -0.134. The van der Waals surface area contributed by atoms with E-state index >= 15 is 0 Å². The Morgan fingerprint density at radius 2 is 2.35 bits per heavy atom. The molecule has 2 aromatic rings. The van der Waals surface area contributed by atoms with Crippen molar-refractivity contribution in [3.05, 3.63) is 48.0 Å². The summed E-state index contributed by atoms with van der Waals surface area (Å²) >= 11 is 0. The number of benzene rings is 1. The first-order chi connectivity index (χ1) is 11.2. The van der Waals surface area contributed by atoms with Gasteiger partial charge in [0.2, 0.25) is 5.91 Å². The molecule has 0 saturated carbocycles. The Labute approximate surface area is 136 Å². The maximum absolute atomic E-state index is 12.8. The highest BCUT2D eigenvalue weighted by molar-refractivity contribution is 5.79. The lowest BCUT2D eigenvalue weighted by Crippen LogP contribution is -2.49. The number of amides is 1. The number of aromatic nitrogens is 2. The van der Waals surface area contributed by atoms with Crippen molar-refractivity contribution >= 4 is 5.91 Å². The zero-order valence-corrected chi connectivity index (χ0v) is 13.5. The van der Waals surface area contributed by atoms with E-state index in [0.29, 0.717) is 13.0 Å². The molecule has 2 heterocycles. The number of nitrogens with zero attached hydrogens (tertiary/aromatic N) is 3. The van der Waals surface area contributed by atoms with Crippen LogP contribution in [-0.2, 0) is 18.3 Å². The third kappa shape index (κ3) is 3.37. The summed E-state index contributed by atoms with van der Waals surface area (Å²) in [4.78, 5) is 19.1. The minimum absolute atomic E-state index is 0.0261. The summed E-state index contributed by atoms with van der Waals surface area (Å²) in [7, 11) is 3.59. The van der Waals surface area contributed by atoms with E-state index in [9.17, 15) is 4.79 Å². The molecule has 0 bridgehead atoms. The van der Waals surface area contributed by atoms with Gasteiger partial charge >= 0.3 is 0 Å². The van der Waals surface area contributed by atoms with Gasteiger partial charge in [-0.3, -0.25) is 4.79 Å². The second kappa shape index (κ2) is 6.83. The zero-order valence-electron chi connectivity index (χ0n) is 13.5. The Hall–Kier alpha value is -2.34. The Morgan fingerprint density at radius 3 is 3.09 bits per heavy atom. The van der Waals surface area contributed by atoms with Crippen LogP contribution in [0.1, 0.15) is 17.4 Å². The predicted molar refractivity (Wildman–Crippen MR) is 87.2 cm³/mol. The van der Waals surface area contributed by atoms with Crippen molar-refractivity contribution in [1.29, 1.82) is 0 Å². The van der Waals surface area contributed by atoms with Crippen molar-refractivity contribution in [3.63, 3.8) is 0 Å². The van der Waals surface area contributed by atoms with Crippen LogP contribution in [0.25, 0.3) is 0 Å². The van der Waals surface area contributed by atoms with Gasteiger partial charge < -0.3 is 19.5 Å². The zero-order chi connectivity index (χ0) is 16.2. The van der Waals surface area contributed by atoms with Crippen molar-refractivity contribution < 1.29 is 9.53 Å². The highest BCUT2D eigenvalue weighted by Gasteiger charge is 2.30. The number of hydrogen-bond acceptors (Lipinski definition) is 4. The Bertz CT molecular complexity index is 683. The van der Waals surface area contributed by atoms with Gasteiger partial charge in [0.15, 0.2) is 0 Å². The number of piperazine rings is 1. The van der Waals surface area contributed by atoms with Gasteiger partial charge in [-0.2, -0.15) is 0 Å². The molecule has 1 saturated heterocycles. The molecule has 0 aliphatic carbocycles. The molecule has 1 fully saturated rings. The van der Waals surface area contributed by atoms with E-state index in [1.54, 1.807) is 13.3 Å². The summed E-state index contributed by atoms with van der Waals surface area (Å²) in [5.41, 5.74) is 0.964. The van der Waals surface area contributed by atoms with Crippen LogP contribution in [0.4, 0.5) is 0 Å². The van der Waals surface area contributed by atoms with Crippen LogP contribution in [0.3, 0.4) is 0 Å². The molecule has 1 atom stereocenters. The molecule has 1 amide bonds. The van der Waals surface area contributed by atoms with E-state index in [0.717, 1.165) is 30.2 Å². The first kappa shape index (κ1) is 15.6. The van der Waals surface area contributed by atoms with E-state index in [2.05, 4.69) is 10.3 Å². The molecule has 6 heteroatoms. The normalized spacial score (nSPS) is 18.0. The fourth-order valence-electron chi connectivity index (χ4n) is 2.99. The minimum atomic E-state index is -0.0261. The van der Waals surface area contributed by atoms with Crippen LogP contribution in [-0.4, -0.2) is 47.1 Å². The second-order valence-electron chi connectivity index (χ2n) is 5.73. The van der Waals surface area contributed by atoms with Crippen molar-refractivity contribution in [1.82, 2.24) is 19.8 Å². The molecule has 23 heavy (non-hydrogen) atoms. The number of rotatable bonds is 4. The van der Waals surface area contributed by atoms with Crippen LogP contribution in [0.2, 0.25) is 0 Å². The quantitative estimate of drug-likeness (QED) is 0.919. The number of methoxy groups -OCH3 is 1. The highest BCUT2D eigenvalue weighted by atomic mass is 16.5. The number of imidazole rings is 1. The van der Waals surface area contributed by atoms with E-state index in [-0.39, 0.29) is 11.9 Å². The fraction of sp³-hybridized carbons (Fsp3) is 0.412. The maximum atomic E-state index is 12.8. The molecule has 122 valence electrons. The van der Waals surface area contributed by atoms with Gasteiger partial charge in [0.1, 0.15) is 17.6 Å². The highest BCUT2D eigenvalue weighted by Crippen LogP contribution is 2.22. The Morgan fingerprint density at radius 1 is 1.48 bits per heavy atom. The van der Waals surface area contributed by atoms with Gasteiger partial charge in [0.05, 0.1) is 13.5 Å². The molecule has 1 N–H and O–H groups in total. The summed E-state index contributed by atoms with van der Waals surface area (Å²) in [6.07, 6.45) is 4.06. The molecule has 1 unspecified atom stereocenters. The number of hydrogen-bond donors (Lipinski definition) is 1. The molecule has 6 nitrogen and oxygen atoms in total. The number of carbonyl (C=O) groups is 1. The van der Waals surface area contributed by atoms with E-state index < -0.39 is 0 Å². The monoisotopic (exact) mass is 314 g/mol. The van der Waals surface area contributed by atoms with Gasteiger partial charge in [-0.25, -0.2) is 4.98 Å². The standard InChI is InChI=1S/C17H22N4O2/c1-20-8-7-19-17(20)15-12-18-6-9-21(15)16(22)11-13-4-3-5-14(10-13)23-2/h3-5,7-8,10,15,18H,6,9,11-12H2,1-2H3. The third-order valence-corrected chi connectivity index (χ3v) is 4.21. The minimum Gasteiger partial charge on any atom is -0.497 e. The number of aryl methyl sites for hydroxylation is 1. The molecule has 1 aliphatic rings. The lowest BCUT2D eigenvalue weighted by atomic mass is 10.1. The molecule has 1 aliphatic heterocycles. The largest absolute Gasteiger partial charge is 0.497 e. The van der Waals surface area contributed by atoms with Crippen molar-refractivity contribution in [2.45, 2.75) is 12.5 Å². The van der Waals surface area contributed by atoms with Gasteiger partial charge in [-0.15, -0.1) is 0 Å². The van der Waals surface area contributed by atoms with E-state index in [1.165, 1.54) is 0 Å². The van der Waals surface area contributed by atoms with Crippen molar-refractivity contribution in [3.8, 4) is 5.75 Å². The Balaban J connectivity index is 1.77. The predicted octanol–water partition coefficient (Wildman–Crippen LogP) is 1.14. The smallest absolute Gasteiger partial charge is 0.227 e. The van der Waals surface area contributed by atoms with Crippen LogP contribution in [0.15, 0.2) is 36.7 Å². The summed E-state index contributed by atoms with van der Waals surface area (Å²) in [6.45, 7) is 2.24. The average Bonchev–Trinajstić information content (AvgIpc) is 3.01. The van der Waals surface area contributed by atoms with Gasteiger partial charge in [0, 0.05) is 39.1 Å². The number of ether oxygens (including phenoxy) is 1. The van der Waals surface area contributed by atoms with Gasteiger partial charge in [0.25, 0.3) is 0 Å². The van der Waals surface area contributed by atoms with Crippen molar-refractivity contribution in [2.75, 3.05) is 26.7 Å². The van der Waals surface area contributed by atoms with E-state index in [4.69, 9.17) is 4.74 Å². The number of nitrogens with one attached hydrogen (secondary N) is 1. The third-order valence-electron chi connectivity index (χ3n) is 4.21. The van der Waals surface area contributed by atoms with Crippen LogP contribution in [0.5, 0.6) is 5.75 Å². The van der Waals surface area contributed by atoms with E-state index in [1.807, 2.05) is 47.0 Å². The summed E-state index contributed by atoms with van der Waals surface area (Å²) in [6, 6.07) is 7.64. The second-order valence-corrected chi connectivity index (χ2v) is 5.73. The summed E-state index contributed by atoms with van der Waals surface area (Å²) in [5, 5.41) is 3.35. The first-order valence-corrected chi connectivity index (χ1v) is 7.79. The van der Waals surface area contributed by atoms with Gasteiger partial charge in [-0.05, 0) is 17.7 Å². The lowest BCUT2D eigenvalue weighted by Gasteiger charge is -2.35. The molecular formula is C17H22N4O2. The fourth-order valence-corrected chi connectivity index (χ4v) is 2.99. The molecule has 1 aromatic heterocycles. The maximum Gasteiger partial charge on any atom is 0.227 e. The van der Waals surface area contributed by atoms with Crippen LogP contribution >= 0.6 is 0 Å². The number of carbonyl (C=O) groups excluding carboxylic acids is 1.